The fourth-order valence-electron chi connectivity index (χ4n) is 1.45. The van der Waals surface area contributed by atoms with Gasteiger partial charge in [-0.2, -0.15) is 0 Å². The van der Waals surface area contributed by atoms with Crippen LogP contribution in [-0.2, 0) is 32.0 Å². The number of para-hydroxylation sites is 1. The number of hydrogen-bond acceptors (Lipinski definition) is 5. The first-order chi connectivity index (χ1) is 10.2. The van der Waals surface area contributed by atoms with Crippen LogP contribution in [0.15, 0.2) is 47.5 Å². The number of aliphatic hydroxyl groups is 2. The van der Waals surface area contributed by atoms with Gasteiger partial charge >= 0.3 is 0 Å². The van der Waals surface area contributed by atoms with Gasteiger partial charge in [0.2, 0.25) is 0 Å². The Morgan fingerprint density at radius 2 is 1.42 bits per heavy atom. The third-order valence-corrected chi connectivity index (χ3v) is 2.38. The SMILES string of the molecule is CO.CO.Cc1ccc(N=Cc2ccccc2[O-])c([O-])c1.[Mo].[O-2].[O-2]. The van der Waals surface area contributed by atoms with Crippen LogP contribution in [0.5, 0.6) is 11.5 Å². The zero-order valence-corrected chi connectivity index (χ0v) is 15.5. The van der Waals surface area contributed by atoms with Gasteiger partial charge in [-0.1, -0.05) is 47.7 Å². The van der Waals surface area contributed by atoms with E-state index in [4.69, 9.17) is 10.2 Å². The molecule has 0 radical (unpaired) electrons. The molecular formula is C16H19MoNO6-6. The second kappa shape index (κ2) is 17.6. The molecule has 136 valence electrons. The van der Waals surface area contributed by atoms with Crippen molar-refractivity contribution in [2.24, 2.45) is 4.99 Å². The number of aliphatic hydroxyl groups excluding tert-OH is 2. The Kier molecular flexibility index (Phi) is 22.1. The zero-order chi connectivity index (χ0) is 16.3. The van der Waals surface area contributed by atoms with E-state index in [9.17, 15) is 10.2 Å². The first kappa shape index (κ1) is 30.2. The normalized spacial score (nSPS) is 8.21. The van der Waals surface area contributed by atoms with Crippen molar-refractivity contribution in [1.29, 1.82) is 0 Å². The smallest absolute Gasteiger partial charge is 0.0551 e. The molecule has 0 aliphatic carbocycles. The molecule has 2 rings (SSSR count). The van der Waals surface area contributed by atoms with Gasteiger partial charge in [-0.05, 0) is 18.6 Å². The number of aliphatic imine (C=N–C) groups is 1. The van der Waals surface area contributed by atoms with Gasteiger partial charge in [-0.15, -0.1) is 5.75 Å². The van der Waals surface area contributed by atoms with Crippen LogP contribution in [0.4, 0.5) is 5.69 Å². The molecule has 0 atom stereocenters. The number of nitrogens with zero attached hydrogens (tertiary/aromatic N) is 1. The summed E-state index contributed by atoms with van der Waals surface area (Å²) in [6.07, 6.45) is 1.42. The van der Waals surface area contributed by atoms with Crippen LogP contribution in [0.2, 0.25) is 0 Å². The minimum Gasteiger partial charge on any atom is -2.00 e. The fourth-order valence-corrected chi connectivity index (χ4v) is 1.45. The van der Waals surface area contributed by atoms with Gasteiger partial charge in [-0.3, -0.25) is 4.99 Å². The molecule has 8 heteroatoms. The maximum Gasteiger partial charge on any atom is 0.0551 e. The van der Waals surface area contributed by atoms with Crippen molar-refractivity contribution in [1.82, 2.24) is 0 Å². The predicted molar refractivity (Wildman–Crippen MR) is 81.4 cm³/mol. The Labute approximate surface area is 155 Å². The van der Waals surface area contributed by atoms with Crippen LogP contribution in [-0.4, -0.2) is 30.6 Å². The Morgan fingerprint density at radius 1 is 0.875 bits per heavy atom. The van der Waals surface area contributed by atoms with Crippen LogP contribution >= 0.6 is 0 Å². The molecule has 2 N–H and O–H groups in total. The van der Waals surface area contributed by atoms with Gasteiger partial charge in [0.1, 0.15) is 0 Å². The molecule has 24 heavy (non-hydrogen) atoms. The molecule has 0 aromatic heterocycles. The van der Waals surface area contributed by atoms with Crippen LogP contribution < -0.4 is 10.2 Å². The van der Waals surface area contributed by atoms with Crippen LogP contribution in [0, 0.1) is 6.92 Å². The average molecular weight is 417 g/mol. The third-order valence-electron chi connectivity index (χ3n) is 2.38. The molecule has 0 saturated carbocycles. The first-order valence-electron chi connectivity index (χ1n) is 6.14. The minimum atomic E-state index is -0.135. The first-order valence-corrected chi connectivity index (χ1v) is 6.14. The van der Waals surface area contributed by atoms with Gasteiger partial charge in [-0.25, -0.2) is 0 Å². The molecule has 0 spiro atoms. The van der Waals surface area contributed by atoms with Gasteiger partial charge in [0.05, 0.1) is 5.69 Å². The van der Waals surface area contributed by atoms with E-state index in [1.807, 2.05) is 13.0 Å². The topological polar surface area (TPSA) is 156 Å². The van der Waals surface area contributed by atoms with E-state index >= 15 is 0 Å². The molecule has 0 aliphatic rings. The largest absolute Gasteiger partial charge is 2.00 e. The molecule has 0 aliphatic heterocycles. The van der Waals surface area contributed by atoms with E-state index in [1.165, 1.54) is 18.3 Å². The zero-order valence-electron chi connectivity index (χ0n) is 13.5. The number of aryl methyl sites for hydroxylation is 1. The van der Waals surface area contributed by atoms with Crippen molar-refractivity contribution in [3.63, 3.8) is 0 Å². The van der Waals surface area contributed by atoms with Crippen LogP contribution in [0.25, 0.3) is 0 Å². The molecule has 0 heterocycles. The molecule has 2 aromatic carbocycles. The van der Waals surface area contributed by atoms with Crippen LogP contribution in [0.1, 0.15) is 11.1 Å². The van der Waals surface area contributed by atoms with Gasteiger partial charge < -0.3 is 31.4 Å². The summed E-state index contributed by atoms with van der Waals surface area (Å²) in [6.45, 7) is 1.85. The molecule has 0 saturated heterocycles. The Morgan fingerprint density at radius 3 is 1.92 bits per heavy atom. The molecule has 2 aromatic rings. The van der Waals surface area contributed by atoms with E-state index in [1.54, 1.807) is 24.3 Å². The van der Waals surface area contributed by atoms with E-state index in [0.29, 0.717) is 11.3 Å². The third kappa shape index (κ3) is 10.1. The van der Waals surface area contributed by atoms with Crippen molar-refractivity contribution >= 4 is 11.9 Å². The second-order valence-electron chi connectivity index (χ2n) is 3.77. The molecule has 0 unspecified atom stereocenters. The Bertz CT molecular complexity index is 578. The summed E-state index contributed by atoms with van der Waals surface area (Å²) < 4.78 is 0. The second-order valence-corrected chi connectivity index (χ2v) is 3.77. The number of hydrogen-bond donors (Lipinski definition) is 2. The molecule has 7 nitrogen and oxygen atoms in total. The summed E-state index contributed by atoms with van der Waals surface area (Å²) in [7, 11) is 2.00. The average Bonchev–Trinajstić information content (AvgIpc) is 2.52. The maximum atomic E-state index is 11.6. The Balaban J connectivity index is -0.000000266. The summed E-state index contributed by atoms with van der Waals surface area (Å²) in [5.74, 6) is -0.236. The number of rotatable bonds is 2. The molecule has 0 fully saturated rings. The van der Waals surface area contributed by atoms with E-state index in [-0.39, 0.29) is 43.5 Å². The van der Waals surface area contributed by atoms with Crippen LogP contribution in [0.3, 0.4) is 0 Å². The van der Waals surface area contributed by atoms with Crippen molar-refractivity contribution in [3.05, 3.63) is 53.6 Å². The number of benzene rings is 2. The van der Waals surface area contributed by atoms with Gasteiger partial charge in [0.25, 0.3) is 0 Å². The standard InChI is InChI=1S/C14H13NO2.2CH4O.Mo.2O/c1-10-6-7-12(14(17)8-10)15-9-11-4-2-3-5-13(11)16;2*1-2;;;/h2-9,16-17H,1H3;2*2H,1H3;;;/q;;;;2*-2/p-2. The van der Waals surface area contributed by atoms with Crippen molar-refractivity contribution in [3.8, 4) is 11.5 Å². The summed E-state index contributed by atoms with van der Waals surface area (Å²) in [5, 5.41) is 37.0. The van der Waals surface area contributed by atoms with E-state index < -0.39 is 0 Å². The molecular weight excluding hydrogens is 398 g/mol. The maximum absolute atomic E-state index is 11.6. The summed E-state index contributed by atoms with van der Waals surface area (Å²) in [6, 6.07) is 11.6. The predicted octanol–water partition coefficient (Wildman–Crippen LogP) is 0.870. The van der Waals surface area contributed by atoms with Crippen molar-refractivity contribution in [2.45, 2.75) is 6.92 Å². The summed E-state index contributed by atoms with van der Waals surface area (Å²) in [4.78, 5) is 4.04. The van der Waals surface area contributed by atoms with Crippen molar-refractivity contribution < 1.29 is 52.4 Å². The summed E-state index contributed by atoms with van der Waals surface area (Å²) in [5.41, 5.74) is 1.73. The quantitative estimate of drug-likeness (QED) is 0.549. The fraction of sp³-hybridized carbons (Fsp3) is 0.188. The van der Waals surface area contributed by atoms with Crippen molar-refractivity contribution in [2.75, 3.05) is 14.2 Å². The van der Waals surface area contributed by atoms with E-state index in [0.717, 1.165) is 19.8 Å². The Hall–Kier alpha value is -1.76. The molecule has 0 amide bonds. The minimum absolute atomic E-state index is 0. The summed E-state index contributed by atoms with van der Waals surface area (Å²) >= 11 is 0. The molecule has 0 bridgehead atoms. The monoisotopic (exact) mass is 419 g/mol. The van der Waals surface area contributed by atoms with E-state index in [2.05, 4.69) is 4.99 Å². The van der Waals surface area contributed by atoms with Gasteiger partial charge in [0, 0.05) is 41.5 Å². The van der Waals surface area contributed by atoms with Gasteiger partial charge in [0.15, 0.2) is 0 Å².